The summed E-state index contributed by atoms with van der Waals surface area (Å²) in [7, 11) is 1.31. The van der Waals surface area contributed by atoms with Gasteiger partial charge in [-0.25, -0.2) is 0 Å². The van der Waals surface area contributed by atoms with Crippen LogP contribution in [0.25, 0.3) is 0 Å². The summed E-state index contributed by atoms with van der Waals surface area (Å²) in [6, 6.07) is 9.40. The van der Waals surface area contributed by atoms with Gasteiger partial charge in [0.25, 0.3) is 5.91 Å². The van der Waals surface area contributed by atoms with Gasteiger partial charge in [0.15, 0.2) is 5.75 Å². The van der Waals surface area contributed by atoms with Crippen LogP contribution in [0.15, 0.2) is 36.4 Å². The average molecular weight is 355 g/mol. The van der Waals surface area contributed by atoms with Gasteiger partial charge < -0.3 is 15.0 Å². The molecule has 0 aliphatic carbocycles. The zero-order valence-corrected chi connectivity index (χ0v) is 14.3. The van der Waals surface area contributed by atoms with Crippen LogP contribution in [0.1, 0.15) is 22.3 Å². The van der Waals surface area contributed by atoms with Crippen LogP contribution < -0.4 is 15.0 Å². The van der Waals surface area contributed by atoms with Crippen LogP contribution in [0.5, 0.6) is 5.75 Å². The number of nitro benzene ring substituents is 1. The molecule has 3 rings (SSSR count). The monoisotopic (exact) mass is 355 g/mol. The molecule has 1 aliphatic rings. The number of ether oxygens (including phenoxy) is 1. The molecular formula is C18H17N3O5. The molecule has 0 radical (unpaired) electrons. The largest absolute Gasteiger partial charge is 0.490 e. The number of anilines is 2. The van der Waals surface area contributed by atoms with Gasteiger partial charge in [0.1, 0.15) is 0 Å². The zero-order chi connectivity index (χ0) is 18.8. The Morgan fingerprint density at radius 1 is 1.27 bits per heavy atom. The van der Waals surface area contributed by atoms with Crippen LogP contribution in [0.4, 0.5) is 17.1 Å². The molecule has 0 aromatic heterocycles. The summed E-state index contributed by atoms with van der Waals surface area (Å²) in [6.45, 7) is 2.10. The van der Waals surface area contributed by atoms with Crippen molar-refractivity contribution >= 4 is 28.9 Å². The number of hydrogen-bond acceptors (Lipinski definition) is 5. The molecule has 2 aromatic carbocycles. The van der Waals surface area contributed by atoms with Crippen molar-refractivity contribution in [2.45, 2.75) is 13.3 Å². The molecule has 0 atom stereocenters. The molecule has 0 bridgehead atoms. The van der Waals surface area contributed by atoms with Gasteiger partial charge in [-0.15, -0.1) is 0 Å². The van der Waals surface area contributed by atoms with Crippen molar-refractivity contribution in [1.82, 2.24) is 0 Å². The molecule has 0 fully saturated rings. The fraction of sp³-hybridized carbons (Fsp3) is 0.222. The number of hydrogen-bond donors (Lipinski definition) is 1. The van der Waals surface area contributed by atoms with E-state index in [1.54, 1.807) is 12.1 Å². The summed E-state index contributed by atoms with van der Waals surface area (Å²) >= 11 is 0. The first-order valence-corrected chi connectivity index (χ1v) is 7.95. The van der Waals surface area contributed by atoms with E-state index in [2.05, 4.69) is 5.32 Å². The third-order valence-electron chi connectivity index (χ3n) is 4.15. The van der Waals surface area contributed by atoms with E-state index in [1.807, 2.05) is 13.0 Å². The second kappa shape index (κ2) is 6.83. The third-order valence-corrected chi connectivity index (χ3v) is 4.15. The number of nitrogens with one attached hydrogen (secondary N) is 1. The normalized spacial score (nSPS) is 13.5. The predicted octanol–water partition coefficient (Wildman–Crippen LogP) is 2.90. The Morgan fingerprint density at radius 2 is 2.04 bits per heavy atom. The highest BCUT2D eigenvalue weighted by Crippen LogP contribution is 2.33. The van der Waals surface area contributed by atoms with Gasteiger partial charge in [0, 0.05) is 30.7 Å². The molecule has 8 heteroatoms. The van der Waals surface area contributed by atoms with E-state index in [4.69, 9.17) is 4.74 Å². The summed E-state index contributed by atoms with van der Waals surface area (Å²) in [5.74, 6) is -0.526. The Morgan fingerprint density at radius 3 is 2.73 bits per heavy atom. The highest BCUT2D eigenvalue weighted by molar-refractivity contribution is 6.10. The smallest absolute Gasteiger partial charge is 0.310 e. The standard InChI is InChI=1S/C18H17N3O5/c1-11-3-5-14-13(9-11)19-17(22)7-8-20(14)18(23)12-4-6-15(21(24)25)16(10-12)26-2/h3-6,9-10H,7-8H2,1-2H3,(H,19,22). The van der Waals surface area contributed by atoms with Gasteiger partial charge in [-0.3, -0.25) is 19.7 Å². The van der Waals surface area contributed by atoms with Crippen LogP contribution in [0, 0.1) is 17.0 Å². The number of carbonyl (C=O) groups excluding carboxylic acids is 2. The molecule has 1 aliphatic heterocycles. The van der Waals surface area contributed by atoms with E-state index in [-0.39, 0.29) is 41.8 Å². The van der Waals surface area contributed by atoms with E-state index in [0.717, 1.165) is 5.56 Å². The fourth-order valence-electron chi connectivity index (χ4n) is 2.86. The van der Waals surface area contributed by atoms with Crippen LogP contribution >= 0.6 is 0 Å². The maximum absolute atomic E-state index is 13.0. The molecule has 0 unspecified atom stereocenters. The van der Waals surface area contributed by atoms with E-state index >= 15 is 0 Å². The average Bonchev–Trinajstić information content (AvgIpc) is 2.78. The molecule has 8 nitrogen and oxygen atoms in total. The van der Waals surface area contributed by atoms with E-state index in [9.17, 15) is 19.7 Å². The van der Waals surface area contributed by atoms with Crippen molar-refractivity contribution in [2.24, 2.45) is 0 Å². The predicted molar refractivity (Wildman–Crippen MR) is 95.8 cm³/mol. The number of carbonyl (C=O) groups is 2. The lowest BCUT2D eigenvalue weighted by Gasteiger charge is -2.22. The Kier molecular flexibility index (Phi) is 4.57. The molecule has 2 aromatic rings. The second-order valence-corrected chi connectivity index (χ2v) is 5.92. The summed E-state index contributed by atoms with van der Waals surface area (Å²) in [4.78, 5) is 36.9. The van der Waals surface area contributed by atoms with Gasteiger partial charge in [-0.1, -0.05) is 6.07 Å². The minimum Gasteiger partial charge on any atom is -0.490 e. The number of aryl methyl sites for hydroxylation is 1. The first-order valence-electron chi connectivity index (χ1n) is 7.95. The topological polar surface area (TPSA) is 102 Å². The number of nitrogens with zero attached hydrogens (tertiary/aromatic N) is 2. The quantitative estimate of drug-likeness (QED) is 0.674. The summed E-state index contributed by atoms with van der Waals surface area (Å²) < 4.78 is 5.03. The lowest BCUT2D eigenvalue weighted by Crippen LogP contribution is -2.31. The van der Waals surface area contributed by atoms with Crippen LogP contribution in [-0.4, -0.2) is 30.4 Å². The first-order chi connectivity index (χ1) is 12.4. The Balaban J connectivity index is 2.02. The highest BCUT2D eigenvalue weighted by atomic mass is 16.6. The molecule has 0 saturated carbocycles. The van der Waals surface area contributed by atoms with Crippen LogP contribution in [-0.2, 0) is 4.79 Å². The number of methoxy groups -OCH3 is 1. The number of amides is 2. The van der Waals surface area contributed by atoms with E-state index in [1.165, 1.54) is 30.2 Å². The number of fused-ring (bicyclic) bond motifs is 1. The summed E-state index contributed by atoms with van der Waals surface area (Å²) in [6.07, 6.45) is 0.156. The van der Waals surface area contributed by atoms with Crippen molar-refractivity contribution in [3.8, 4) is 5.75 Å². The maximum atomic E-state index is 13.0. The summed E-state index contributed by atoms with van der Waals surface area (Å²) in [5, 5.41) is 13.8. The lowest BCUT2D eigenvalue weighted by atomic mass is 10.1. The fourth-order valence-corrected chi connectivity index (χ4v) is 2.86. The van der Waals surface area contributed by atoms with Crippen molar-refractivity contribution < 1.29 is 19.2 Å². The van der Waals surface area contributed by atoms with E-state index < -0.39 is 4.92 Å². The second-order valence-electron chi connectivity index (χ2n) is 5.92. The minimum absolute atomic E-state index is 0.00834. The first kappa shape index (κ1) is 17.4. The van der Waals surface area contributed by atoms with E-state index in [0.29, 0.717) is 11.4 Å². The third kappa shape index (κ3) is 3.21. The number of nitro groups is 1. The zero-order valence-electron chi connectivity index (χ0n) is 14.3. The Labute approximate surface area is 149 Å². The summed E-state index contributed by atoms with van der Waals surface area (Å²) in [5.41, 5.74) is 2.13. The maximum Gasteiger partial charge on any atom is 0.310 e. The van der Waals surface area contributed by atoms with Crippen molar-refractivity contribution in [3.05, 3.63) is 57.6 Å². The Hall–Kier alpha value is -3.42. The van der Waals surface area contributed by atoms with Gasteiger partial charge in [-0.05, 0) is 30.7 Å². The van der Waals surface area contributed by atoms with Gasteiger partial charge in [0.2, 0.25) is 5.91 Å². The number of rotatable bonds is 3. The van der Waals surface area contributed by atoms with Gasteiger partial charge in [0.05, 0.1) is 23.4 Å². The molecule has 1 heterocycles. The minimum atomic E-state index is -0.570. The van der Waals surface area contributed by atoms with Crippen molar-refractivity contribution in [2.75, 3.05) is 23.9 Å². The highest BCUT2D eigenvalue weighted by Gasteiger charge is 2.26. The molecule has 26 heavy (non-hydrogen) atoms. The molecule has 0 spiro atoms. The van der Waals surface area contributed by atoms with Crippen molar-refractivity contribution in [1.29, 1.82) is 0 Å². The lowest BCUT2D eigenvalue weighted by molar-refractivity contribution is -0.385. The van der Waals surface area contributed by atoms with Crippen molar-refractivity contribution in [3.63, 3.8) is 0 Å². The molecular weight excluding hydrogens is 338 g/mol. The molecule has 134 valence electrons. The molecule has 2 amide bonds. The van der Waals surface area contributed by atoms with Crippen LogP contribution in [0.3, 0.4) is 0 Å². The molecule has 1 N–H and O–H groups in total. The van der Waals surface area contributed by atoms with Gasteiger partial charge in [-0.2, -0.15) is 0 Å². The molecule has 0 saturated heterocycles. The van der Waals surface area contributed by atoms with Gasteiger partial charge >= 0.3 is 5.69 Å². The Bertz CT molecular complexity index is 910. The van der Waals surface area contributed by atoms with Crippen LogP contribution in [0.2, 0.25) is 0 Å². The number of benzene rings is 2. The SMILES string of the molecule is COc1cc(C(=O)N2CCC(=O)Nc3cc(C)ccc32)ccc1[N+](=O)[O-].